The predicted molar refractivity (Wildman–Crippen MR) is 93.5 cm³/mol. The highest BCUT2D eigenvalue weighted by molar-refractivity contribution is 6.59. The Kier molecular flexibility index (Phi) is 2.93. The van der Waals surface area contributed by atoms with Crippen LogP contribution in [0.1, 0.15) is 5.56 Å². The zero-order valence-corrected chi connectivity index (χ0v) is 12.2. The van der Waals surface area contributed by atoms with Crippen LogP contribution in [0, 0.1) is 6.92 Å². The highest BCUT2D eigenvalue weighted by Crippen LogP contribution is 2.32. The van der Waals surface area contributed by atoms with Crippen LogP contribution >= 0.6 is 0 Å². The minimum Gasteiger partial charge on any atom is -0.423 e. The van der Waals surface area contributed by atoms with E-state index in [0.29, 0.717) is 5.46 Å². The molecule has 22 heavy (non-hydrogen) atoms. The van der Waals surface area contributed by atoms with Crippen molar-refractivity contribution in [3.8, 4) is 0 Å². The third kappa shape index (κ3) is 1.98. The van der Waals surface area contributed by atoms with Crippen LogP contribution < -0.4 is 5.46 Å². The number of hydrogen-bond acceptors (Lipinski definition) is 2. The molecular weight excluding hydrogens is 271 g/mol. The van der Waals surface area contributed by atoms with Crippen molar-refractivity contribution >= 4 is 44.9 Å². The maximum absolute atomic E-state index is 9.47. The van der Waals surface area contributed by atoms with E-state index in [-0.39, 0.29) is 0 Å². The summed E-state index contributed by atoms with van der Waals surface area (Å²) in [6, 6.07) is 20.5. The molecule has 0 heterocycles. The van der Waals surface area contributed by atoms with Crippen LogP contribution in [0.4, 0.5) is 0 Å². The SMILES string of the molecule is Cc1ccc2ccc3ccc4ccc(B(O)O)cc4c3c2c1. The highest BCUT2D eigenvalue weighted by atomic mass is 16.4. The first-order chi connectivity index (χ1) is 10.6. The molecule has 2 nitrogen and oxygen atoms in total. The standard InChI is InChI=1S/C19H15BO2/c1-12-2-3-13-4-6-15-7-5-14-8-9-16(20(21)22)11-18(14)19(15)17(13)10-12/h2-11,21-22H,1H3. The fraction of sp³-hybridized carbons (Fsp3) is 0.0526. The van der Waals surface area contributed by atoms with Crippen LogP contribution in [0.3, 0.4) is 0 Å². The molecule has 0 aliphatic carbocycles. The van der Waals surface area contributed by atoms with Gasteiger partial charge < -0.3 is 10.0 Å². The van der Waals surface area contributed by atoms with Gasteiger partial charge in [0.15, 0.2) is 0 Å². The van der Waals surface area contributed by atoms with E-state index in [1.807, 2.05) is 12.1 Å². The fourth-order valence-electron chi connectivity index (χ4n) is 3.17. The second-order valence-electron chi connectivity index (χ2n) is 5.81. The van der Waals surface area contributed by atoms with E-state index >= 15 is 0 Å². The van der Waals surface area contributed by atoms with Crippen molar-refractivity contribution < 1.29 is 10.0 Å². The molecule has 0 bridgehead atoms. The molecule has 0 saturated carbocycles. The van der Waals surface area contributed by atoms with Crippen LogP contribution in [-0.2, 0) is 0 Å². The Morgan fingerprint density at radius 2 is 1.23 bits per heavy atom. The fourth-order valence-corrected chi connectivity index (χ4v) is 3.17. The summed E-state index contributed by atoms with van der Waals surface area (Å²) in [6.45, 7) is 2.09. The Balaban J connectivity index is 2.24. The van der Waals surface area contributed by atoms with Crippen LogP contribution in [-0.4, -0.2) is 17.2 Å². The average Bonchev–Trinajstić information content (AvgIpc) is 2.53. The van der Waals surface area contributed by atoms with Gasteiger partial charge in [0.25, 0.3) is 0 Å². The van der Waals surface area contributed by atoms with Gasteiger partial charge in [-0.05, 0) is 44.7 Å². The summed E-state index contributed by atoms with van der Waals surface area (Å²) in [6.07, 6.45) is 0. The maximum atomic E-state index is 9.47. The molecule has 0 aromatic heterocycles. The summed E-state index contributed by atoms with van der Waals surface area (Å²) >= 11 is 0. The molecule has 0 radical (unpaired) electrons. The molecule has 0 aliphatic heterocycles. The molecule has 4 rings (SSSR count). The molecule has 4 aromatic carbocycles. The first-order valence-electron chi connectivity index (χ1n) is 7.35. The Morgan fingerprint density at radius 1 is 0.682 bits per heavy atom. The lowest BCUT2D eigenvalue weighted by Crippen LogP contribution is -2.29. The Bertz CT molecular complexity index is 1020. The van der Waals surface area contributed by atoms with Gasteiger partial charge in [-0.1, -0.05) is 66.2 Å². The van der Waals surface area contributed by atoms with Crippen molar-refractivity contribution in [2.45, 2.75) is 6.92 Å². The van der Waals surface area contributed by atoms with Gasteiger partial charge in [0.2, 0.25) is 0 Å². The lowest BCUT2D eigenvalue weighted by molar-refractivity contribution is 0.426. The van der Waals surface area contributed by atoms with E-state index in [1.165, 1.54) is 21.7 Å². The zero-order chi connectivity index (χ0) is 15.3. The molecule has 2 N–H and O–H groups in total. The normalized spacial score (nSPS) is 11.4. The van der Waals surface area contributed by atoms with Gasteiger partial charge in [-0.15, -0.1) is 0 Å². The van der Waals surface area contributed by atoms with Crippen LogP contribution in [0.2, 0.25) is 0 Å². The number of rotatable bonds is 1. The van der Waals surface area contributed by atoms with Crippen molar-refractivity contribution in [2.24, 2.45) is 0 Å². The van der Waals surface area contributed by atoms with Crippen LogP contribution in [0.25, 0.3) is 32.3 Å². The van der Waals surface area contributed by atoms with Gasteiger partial charge in [-0.2, -0.15) is 0 Å². The molecule has 0 spiro atoms. The summed E-state index contributed by atoms with van der Waals surface area (Å²) in [4.78, 5) is 0. The van der Waals surface area contributed by atoms with Crippen molar-refractivity contribution in [3.05, 3.63) is 66.2 Å². The summed E-state index contributed by atoms with van der Waals surface area (Å²) < 4.78 is 0. The van der Waals surface area contributed by atoms with Gasteiger partial charge in [0.05, 0.1) is 0 Å². The Hall–Kier alpha value is -2.36. The van der Waals surface area contributed by atoms with E-state index in [4.69, 9.17) is 0 Å². The van der Waals surface area contributed by atoms with Crippen LogP contribution in [0.15, 0.2) is 60.7 Å². The second-order valence-corrected chi connectivity index (χ2v) is 5.81. The largest absolute Gasteiger partial charge is 0.488 e. The van der Waals surface area contributed by atoms with E-state index < -0.39 is 7.12 Å². The second kappa shape index (κ2) is 4.84. The van der Waals surface area contributed by atoms with Crippen molar-refractivity contribution in [1.29, 1.82) is 0 Å². The Morgan fingerprint density at radius 3 is 1.91 bits per heavy atom. The number of hydrogen-bond donors (Lipinski definition) is 2. The van der Waals surface area contributed by atoms with Gasteiger partial charge in [-0.3, -0.25) is 0 Å². The minimum absolute atomic E-state index is 0.518. The van der Waals surface area contributed by atoms with Crippen molar-refractivity contribution in [3.63, 3.8) is 0 Å². The lowest BCUT2D eigenvalue weighted by atomic mass is 9.79. The first kappa shape index (κ1) is 13.3. The first-order valence-corrected chi connectivity index (χ1v) is 7.35. The van der Waals surface area contributed by atoms with Crippen molar-refractivity contribution in [1.82, 2.24) is 0 Å². The smallest absolute Gasteiger partial charge is 0.423 e. The monoisotopic (exact) mass is 286 g/mol. The van der Waals surface area contributed by atoms with E-state index in [9.17, 15) is 10.0 Å². The minimum atomic E-state index is -1.45. The number of fused-ring (bicyclic) bond motifs is 5. The van der Waals surface area contributed by atoms with Gasteiger partial charge >= 0.3 is 7.12 Å². The van der Waals surface area contributed by atoms with E-state index in [2.05, 4.69) is 49.4 Å². The summed E-state index contributed by atoms with van der Waals surface area (Å²) in [5, 5.41) is 25.8. The molecule has 4 aromatic rings. The van der Waals surface area contributed by atoms with E-state index in [0.717, 1.165) is 16.2 Å². The average molecular weight is 286 g/mol. The van der Waals surface area contributed by atoms with Gasteiger partial charge in [0, 0.05) is 0 Å². The topological polar surface area (TPSA) is 40.5 Å². The molecule has 3 heteroatoms. The molecule has 0 unspecified atom stereocenters. The summed E-state index contributed by atoms with van der Waals surface area (Å²) in [5.74, 6) is 0. The third-order valence-corrected chi connectivity index (χ3v) is 4.30. The number of aryl methyl sites for hydroxylation is 1. The molecular formula is C19H15BO2. The van der Waals surface area contributed by atoms with E-state index in [1.54, 1.807) is 6.07 Å². The molecule has 106 valence electrons. The Labute approximate surface area is 128 Å². The third-order valence-electron chi connectivity index (χ3n) is 4.30. The molecule has 0 aliphatic rings. The predicted octanol–water partition coefficient (Wildman–Crippen LogP) is 3.13. The highest BCUT2D eigenvalue weighted by Gasteiger charge is 2.13. The van der Waals surface area contributed by atoms with Gasteiger partial charge in [-0.25, -0.2) is 0 Å². The lowest BCUT2D eigenvalue weighted by Gasteiger charge is -2.10. The van der Waals surface area contributed by atoms with Gasteiger partial charge in [0.1, 0.15) is 0 Å². The quantitative estimate of drug-likeness (QED) is 0.417. The maximum Gasteiger partial charge on any atom is 0.488 e. The zero-order valence-electron chi connectivity index (χ0n) is 12.2. The molecule has 0 atom stereocenters. The molecule has 0 saturated heterocycles. The van der Waals surface area contributed by atoms with Crippen molar-refractivity contribution in [2.75, 3.05) is 0 Å². The number of benzene rings is 4. The molecule has 0 amide bonds. The van der Waals surface area contributed by atoms with Crippen LogP contribution in [0.5, 0.6) is 0 Å². The molecule has 0 fully saturated rings. The summed E-state index contributed by atoms with van der Waals surface area (Å²) in [5.41, 5.74) is 1.74. The summed E-state index contributed by atoms with van der Waals surface area (Å²) in [7, 11) is -1.45.